The topological polar surface area (TPSA) is 217 Å². The molecule has 5 rings (SSSR count). The summed E-state index contributed by atoms with van der Waals surface area (Å²) < 4.78 is 36.3. The minimum atomic E-state index is -2.45. The monoisotopic (exact) mass is 1030 g/mol. The Morgan fingerprint density at radius 3 is 2.26 bits per heavy atom. The molecule has 4 N–H and O–H groups in total. The van der Waals surface area contributed by atoms with E-state index in [1.54, 1.807) is 72.3 Å². The fraction of sp³-hybridized carbons (Fsp3) is 0.772. The maximum atomic E-state index is 14.6. The molecular formula is C57H90N2O14. The van der Waals surface area contributed by atoms with Crippen LogP contribution in [0.2, 0.25) is 0 Å². The molecule has 1 amide bonds. The first-order valence-corrected chi connectivity index (χ1v) is 27.3. The summed E-state index contributed by atoms with van der Waals surface area (Å²) in [6.07, 6.45) is 13.1. The van der Waals surface area contributed by atoms with Gasteiger partial charge in [-0.15, -0.1) is 0 Å². The molecular weight excluding hydrogens is 937 g/mol. The van der Waals surface area contributed by atoms with Gasteiger partial charge in [0.2, 0.25) is 5.79 Å². The highest BCUT2D eigenvalue weighted by atomic mass is 16.6. The summed E-state index contributed by atoms with van der Waals surface area (Å²) in [6.45, 7) is 13.3. The lowest BCUT2D eigenvalue weighted by Gasteiger charge is -2.42. The highest BCUT2D eigenvalue weighted by molar-refractivity contribution is 6.39. The molecule has 4 heterocycles. The number of ketones is 3. The first-order chi connectivity index (χ1) is 34.8. The van der Waals surface area contributed by atoms with Crippen molar-refractivity contribution in [2.45, 2.75) is 199 Å². The Balaban J connectivity index is 1.42. The van der Waals surface area contributed by atoms with E-state index in [9.17, 15) is 39.3 Å². The number of hydrogen-bond donors (Lipinski definition) is 4. The molecule has 16 nitrogen and oxygen atoms in total. The van der Waals surface area contributed by atoms with E-state index in [0.717, 1.165) is 57.2 Å². The summed E-state index contributed by atoms with van der Waals surface area (Å²) in [7, 11) is 4.60. The van der Waals surface area contributed by atoms with Gasteiger partial charge in [-0.1, -0.05) is 64.2 Å². The lowest BCUT2D eigenvalue weighted by molar-refractivity contribution is -0.265. The van der Waals surface area contributed by atoms with Crippen molar-refractivity contribution in [2.24, 2.45) is 35.5 Å². The maximum absolute atomic E-state index is 14.6. The number of carbonyl (C=O) groups excluding carboxylic acids is 5. The molecule has 1 aliphatic carbocycles. The van der Waals surface area contributed by atoms with E-state index in [1.165, 1.54) is 12.0 Å². The zero-order chi connectivity index (χ0) is 53.4. The number of amides is 1. The van der Waals surface area contributed by atoms with Gasteiger partial charge >= 0.3 is 5.97 Å². The van der Waals surface area contributed by atoms with Gasteiger partial charge in [-0.05, 0) is 139 Å². The smallest absolute Gasteiger partial charge is 0.329 e. The predicted octanol–water partition coefficient (Wildman–Crippen LogP) is 6.32. The van der Waals surface area contributed by atoms with Crippen LogP contribution in [0.25, 0.3) is 0 Å². The number of cyclic esters (lactones) is 1. The van der Waals surface area contributed by atoms with Crippen LogP contribution < -0.4 is 5.32 Å². The van der Waals surface area contributed by atoms with Crippen LogP contribution in [0.1, 0.15) is 138 Å². The third kappa shape index (κ3) is 16.8. The summed E-state index contributed by atoms with van der Waals surface area (Å²) in [6, 6.07) is -1.14. The number of rotatable bonds is 10. The maximum Gasteiger partial charge on any atom is 0.329 e. The molecule has 0 aromatic carbocycles. The van der Waals surface area contributed by atoms with Gasteiger partial charge in [0, 0.05) is 65.1 Å². The molecule has 0 radical (unpaired) electrons. The lowest BCUT2D eigenvalue weighted by Crippen LogP contribution is -2.61. The Hall–Kier alpha value is -3.45. The second-order valence-corrected chi connectivity index (χ2v) is 22.0. The van der Waals surface area contributed by atoms with Gasteiger partial charge in [0.15, 0.2) is 5.78 Å². The van der Waals surface area contributed by atoms with Crippen LogP contribution in [0.3, 0.4) is 0 Å². The molecule has 0 spiro atoms. The van der Waals surface area contributed by atoms with E-state index < -0.39 is 89.6 Å². The molecule has 0 aromatic rings. The van der Waals surface area contributed by atoms with Crippen molar-refractivity contribution in [1.82, 2.24) is 10.2 Å². The number of nitrogens with one attached hydrogen (secondary N) is 1. The minimum Gasteiger partial charge on any atom is -0.460 e. The van der Waals surface area contributed by atoms with Crippen molar-refractivity contribution in [3.8, 4) is 0 Å². The largest absolute Gasteiger partial charge is 0.460 e. The van der Waals surface area contributed by atoms with Crippen molar-refractivity contribution in [1.29, 1.82) is 0 Å². The fourth-order valence-electron chi connectivity index (χ4n) is 11.6. The number of piperidine rings is 2. The Kier molecular flexibility index (Phi) is 24.1. The van der Waals surface area contributed by atoms with E-state index in [2.05, 4.69) is 5.32 Å². The van der Waals surface area contributed by atoms with Crippen molar-refractivity contribution in [3.05, 3.63) is 47.6 Å². The van der Waals surface area contributed by atoms with Gasteiger partial charge in [0.05, 0.1) is 30.5 Å². The second-order valence-electron chi connectivity index (χ2n) is 22.0. The van der Waals surface area contributed by atoms with E-state index in [-0.39, 0.29) is 62.1 Å². The molecule has 1 saturated carbocycles. The molecule has 2 bridgehead atoms. The molecule has 4 aliphatic heterocycles. The Morgan fingerprint density at radius 2 is 1.56 bits per heavy atom. The first kappa shape index (κ1) is 60.4. The number of aliphatic hydroxyl groups is 3. The molecule has 3 saturated heterocycles. The SMILES string of the molecule is CO[C@H]1CC2CC[C@@H](C)[C@@](O)(O2)C(=O)C(=O)N2CCCC[C@H]2C(=O)O[C@H]([C@H](C)C[C@@H]2CC[C@@H](OCCC3CCNCC3)[C@H](OC)C2)CC(=O)[C@H](C)/C=C(\C)[C@@H](O)[C@@H](OC)C(=O)[C@H](C)C[C@H](O)/C=C/C=C/C=C/1C. The first-order valence-electron chi connectivity index (χ1n) is 27.3. The Bertz CT molecular complexity index is 1950. The second kappa shape index (κ2) is 29.2. The molecule has 0 aromatic heterocycles. The summed E-state index contributed by atoms with van der Waals surface area (Å²) in [4.78, 5) is 72.5. The van der Waals surface area contributed by atoms with Crippen molar-refractivity contribution < 1.29 is 67.7 Å². The fourth-order valence-corrected chi connectivity index (χ4v) is 11.6. The van der Waals surface area contributed by atoms with Gasteiger partial charge in [0.1, 0.15) is 30.1 Å². The zero-order valence-corrected chi connectivity index (χ0v) is 45.3. The van der Waals surface area contributed by atoms with Gasteiger partial charge in [0.25, 0.3) is 11.7 Å². The van der Waals surface area contributed by atoms with Crippen LogP contribution >= 0.6 is 0 Å². The lowest BCUT2D eigenvalue weighted by atomic mass is 9.78. The standard InChI is InChI=1S/C57H90N2O14/c1-35-15-11-10-12-16-43(60)31-39(5)52(63)53(70-9)51(62)38(4)29-36(2)46(61)34-49(37(3)30-42-19-21-47(50(32-42)69-8)71-28-24-41-22-25-58-26-23-41)72-56(66)45-17-13-14-27-59(45)55(65)54(64)57(67)40(6)18-20-44(73-57)33-48(35)68-7/h10-12,15-16,29,36-37,39-45,47-51,53,58,60,62,67H,13-14,17-28,30-34H2,1-9H3/b11-10+,16-12+,35-15+,38-29+/t36-,37-,39-,40-,42+,43-,44?,45+,47-,48+,49+,50-,51-,53-,57-/m1/s1. The van der Waals surface area contributed by atoms with E-state index >= 15 is 0 Å². The average molecular weight is 1030 g/mol. The van der Waals surface area contributed by atoms with Crippen LogP contribution in [0, 0.1) is 35.5 Å². The quantitative estimate of drug-likeness (QED) is 0.107. The summed E-state index contributed by atoms with van der Waals surface area (Å²) >= 11 is 0. The number of carbonyl (C=O) groups is 5. The van der Waals surface area contributed by atoms with Crippen LogP contribution in [0.15, 0.2) is 47.6 Å². The van der Waals surface area contributed by atoms with E-state index in [0.29, 0.717) is 50.2 Å². The highest BCUT2D eigenvalue weighted by Crippen LogP contribution is 2.38. The molecule has 16 heteroatoms. The number of ether oxygens (including phenoxy) is 6. The number of allylic oxidation sites excluding steroid dienone is 5. The number of aliphatic hydroxyl groups excluding tert-OH is 2. The predicted molar refractivity (Wildman–Crippen MR) is 276 cm³/mol. The van der Waals surface area contributed by atoms with Crippen LogP contribution in [0.4, 0.5) is 0 Å². The number of hydrogen-bond acceptors (Lipinski definition) is 15. The Morgan fingerprint density at radius 1 is 0.822 bits per heavy atom. The third-order valence-electron chi connectivity index (χ3n) is 16.5. The molecule has 73 heavy (non-hydrogen) atoms. The summed E-state index contributed by atoms with van der Waals surface area (Å²) in [5.41, 5.74) is 1.17. The van der Waals surface area contributed by atoms with Crippen molar-refractivity contribution in [2.75, 3.05) is 47.6 Å². The van der Waals surface area contributed by atoms with E-state index in [1.807, 2.05) is 19.9 Å². The normalized spacial score (nSPS) is 38.8. The van der Waals surface area contributed by atoms with Gasteiger partial charge in [-0.3, -0.25) is 19.2 Å². The van der Waals surface area contributed by atoms with Gasteiger partial charge in [-0.25, -0.2) is 4.79 Å². The highest BCUT2D eigenvalue weighted by Gasteiger charge is 2.53. The van der Waals surface area contributed by atoms with E-state index in [4.69, 9.17) is 28.4 Å². The van der Waals surface area contributed by atoms with Crippen molar-refractivity contribution >= 4 is 29.2 Å². The zero-order valence-electron chi connectivity index (χ0n) is 45.3. The van der Waals surface area contributed by atoms with Gasteiger partial charge < -0.3 is 54.0 Å². The van der Waals surface area contributed by atoms with Crippen LogP contribution in [0.5, 0.6) is 0 Å². The summed E-state index contributed by atoms with van der Waals surface area (Å²) in [5, 5.41) is 37.8. The number of nitrogens with zero attached hydrogens (tertiary/aromatic N) is 1. The van der Waals surface area contributed by atoms with Crippen LogP contribution in [-0.4, -0.2) is 158 Å². The number of Topliss-reactive ketones (excluding diaryl/α,β-unsaturated/α-hetero) is 3. The number of esters is 1. The van der Waals surface area contributed by atoms with Gasteiger partial charge in [-0.2, -0.15) is 0 Å². The third-order valence-corrected chi connectivity index (χ3v) is 16.5. The van der Waals surface area contributed by atoms with Crippen LogP contribution in [-0.2, 0) is 52.4 Å². The average Bonchev–Trinajstić information content (AvgIpc) is 3.38. The molecule has 1 unspecified atom stereocenters. The number of methoxy groups -OCH3 is 3. The Labute approximate surface area is 435 Å². The number of fused-ring (bicyclic) bond motifs is 3. The minimum absolute atomic E-state index is 0.0334. The molecule has 15 atom stereocenters. The molecule has 4 fully saturated rings. The van der Waals surface area contributed by atoms with Crippen molar-refractivity contribution in [3.63, 3.8) is 0 Å². The molecule has 412 valence electrons. The molecule has 5 aliphatic rings. The summed E-state index contributed by atoms with van der Waals surface area (Å²) in [5.74, 6) is -7.71.